The van der Waals surface area contributed by atoms with Crippen molar-refractivity contribution in [1.82, 2.24) is 0 Å². The van der Waals surface area contributed by atoms with Gasteiger partial charge in [-0.15, -0.1) is 4.52 Å². The van der Waals surface area contributed by atoms with Gasteiger partial charge in [0.05, 0.1) is 13.2 Å². The number of rotatable bonds is 7. The zero-order valence-electron chi connectivity index (χ0n) is 6.91. The molecule has 11 heavy (non-hydrogen) atoms. The summed E-state index contributed by atoms with van der Waals surface area (Å²) in [5, 5.41) is 0. The summed E-state index contributed by atoms with van der Waals surface area (Å²) >= 11 is 0. The molecule has 0 aromatic carbocycles. The lowest BCUT2D eigenvalue weighted by Gasteiger charge is -1.91. The summed E-state index contributed by atoms with van der Waals surface area (Å²) < 4.78 is 25.2. The van der Waals surface area contributed by atoms with E-state index in [1.807, 2.05) is 0 Å². The topological polar surface area (TPSA) is 44.8 Å². The van der Waals surface area contributed by atoms with Crippen molar-refractivity contribution >= 4 is 8.03 Å². The fourth-order valence-electron chi connectivity index (χ4n) is 0.453. The minimum Gasteiger partial charge on any atom is -0.382 e. The van der Waals surface area contributed by atoms with Gasteiger partial charge in [-0.2, -0.15) is 0 Å². The van der Waals surface area contributed by atoms with Gasteiger partial charge in [0.15, 0.2) is 0 Å². The molecular formula is C6H14O4P+. The smallest absolute Gasteiger partial charge is 0.382 e. The lowest BCUT2D eigenvalue weighted by atomic mass is 10.8. The maximum Gasteiger partial charge on any atom is 0.510 e. The van der Waals surface area contributed by atoms with Crippen LogP contribution < -0.4 is 0 Å². The van der Waals surface area contributed by atoms with E-state index in [0.717, 1.165) is 0 Å². The van der Waals surface area contributed by atoms with Crippen molar-refractivity contribution in [3.8, 4) is 0 Å². The molecule has 0 bridgehead atoms. The Morgan fingerprint density at radius 2 is 1.73 bits per heavy atom. The second-order valence-corrected chi connectivity index (χ2v) is 3.25. The first-order valence-corrected chi connectivity index (χ1v) is 4.73. The predicted octanol–water partition coefficient (Wildman–Crippen LogP) is 1.04. The van der Waals surface area contributed by atoms with E-state index in [1.54, 1.807) is 14.2 Å². The minimum absolute atomic E-state index is 0.384. The Morgan fingerprint density at radius 1 is 1.09 bits per heavy atom. The number of hydrogen-bond acceptors (Lipinski definition) is 4. The van der Waals surface area contributed by atoms with Gasteiger partial charge in [0, 0.05) is 14.2 Å². The standard InChI is InChI=1S/C6H14O4P/c1-8-3-4-10-11(7)6-5-9-2/h3-6H2,1-2H3/q+1. The normalized spacial score (nSPS) is 11.6. The average Bonchev–Trinajstić information content (AvgIpc) is 2.01. The molecule has 0 spiro atoms. The van der Waals surface area contributed by atoms with E-state index in [1.165, 1.54) is 0 Å². The van der Waals surface area contributed by atoms with Crippen LogP contribution in [0.4, 0.5) is 0 Å². The summed E-state index contributed by atoms with van der Waals surface area (Å²) in [4.78, 5) is 0. The van der Waals surface area contributed by atoms with Crippen molar-refractivity contribution in [3.63, 3.8) is 0 Å². The Balaban J connectivity index is 3.09. The molecule has 0 aromatic heterocycles. The highest BCUT2D eigenvalue weighted by molar-refractivity contribution is 7.39. The molecule has 1 unspecified atom stereocenters. The number of ether oxygens (including phenoxy) is 2. The molecule has 0 aliphatic heterocycles. The Morgan fingerprint density at radius 3 is 2.27 bits per heavy atom. The Kier molecular flexibility index (Phi) is 8.07. The molecule has 0 fully saturated rings. The van der Waals surface area contributed by atoms with Crippen LogP contribution >= 0.6 is 8.03 Å². The maximum absolute atomic E-state index is 10.9. The zero-order chi connectivity index (χ0) is 8.53. The Hall–Kier alpha value is -0.0200. The van der Waals surface area contributed by atoms with E-state index < -0.39 is 8.03 Å². The molecule has 0 aliphatic carbocycles. The van der Waals surface area contributed by atoms with Crippen molar-refractivity contribution in [2.45, 2.75) is 0 Å². The van der Waals surface area contributed by atoms with Crippen LogP contribution in [-0.4, -0.2) is 40.2 Å². The maximum atomic E-state index is 10.9. The molecule has 0 saturated carbocycles. The van der Waals surface area contributed by atoms with E-state index >= 15 is 0 Å². The van der Waals surface area contributed by atoms with E-state index in [9.17, 15) is 4.57 Å². The van der Waals surface area contributed by atoms with Crippen molar-refractivity contribution in [2.24, 2.45) is 0 Å². The van der Waals surface area contributed by atoms with Crippen LogP contribution in [0.25, 0.3) is 0 Å². The molecule has 66 valence electrons. The first-order valence-electron chi connectivity index (χ1n) is 3.36. The summed E-state index contributed by atoms with van der Waals surface area (Å²) in [6.45, 7) is 1.34. The largest absolute Gasteiger partial charge is 0.510 e. The van der Waals surface area contributed by atoms with Gasteiger partial charge >= 0.3 is 8.03 Å². The fourth-order valence-corrected chi connectivity index (χ4v) is 1.19. The van der Waals surface area contributed by atoms with Crippen LogP contribution in [0.1, 0.15) is 0 Å². The Bertz CT molecular complexity index is 107. The summed E-state index contributed by atoms with van der Waals surface area (Å²) in [5.74, 6) is 0. The van der Waals surface area contributed by atoms with Gasteiger partial charge in [-0.25, -0.2) is 0 Å². The number of hydrogen-bond donors (Lipinski definition) is 0. The van der Waals surface area contributed by atoms with Crippen molar-refractivity contribution in [2.75, 3.05) is 40.2 Å². The lowest BCUT2D eigenvalue weighted by Crippen LogP contribution is -1.99. The van der Waals surface area contributed by atoms with Gasteiger partial charge in [0.1, 0.15) is 6.61 Å². The molecule has 0 aromatic rings. The minimum atomic E-state index is -1.55. The molecular weight excluding hydrogens is 167 g/mol. The fraction of sp³-hybridized carbons (Fsp3) is 1.00. The monoisotopic (exact) mass is 181 g/mol. The highest BCUT2D eigenvalue weighted by Crippen LogP contribution is 2.20. The van der Waals surface area contributed by atoms with Gasteiger partial charge in [0.2, 0.25) is 6.16 Å². The molecule has 4 nitrogen and oxygen atoms in total. The van der Waals surface area contributed by atoms with Gasteiger partial charge in [0.25, 0.3) is 0 Å². The van der Waals surface area contributed by atoms with Crippen molar-refractivity contribution < 1.29 is 18.6 Å². The molecule has 0 rings (SSSR count). The van der Waals surface area contributed by atoms with Gasteiger partial charge in [-0.05, 0) is 4.57 Å². The van der Waals surface area contributed by atoms with Crippen LogP contribution in [0.5, 0.6) is 0 Å². The number of methoxy groups -OCH3 is 2. The molecule has 0 saturated heterocycles. The third-order valence-corrected chi connectivity index (χ3v) is 2.02. The van der Waals surface area contributed by atoms with Crippen LogP contribution in [0.15, 0.2) is 0 Å². The van der Waals surface area contributed by atoms with Crippen LogP contribution in [-0.2, 0) is 18.6 Å². The quantitative estimate of drug-likeness (QED) is 0.434. The SMILES string of the molecule is COCCO[P+](=O)CCOC. The van der Waals surface area contributed by atoms with Crippen molar-refractivity contribution in [3.05, 3.63) is 0 Å². The summed E-state index contributed by atoms with van der Waals surface area (Å²) in [6.07, 6.45) is 0.454. The second-order valence-electron chi connectivity index (χ2n) is 1.88. The van der Waals surface area contributed by atoms with E-state index in [2.05, 4.69) is 0 Å². The van der Waals surface area contributed by atoms with Crippen LogP contribution in [0.3, 0.4) is 0 Å². The highest BCUT2D eigenvalue weighted by atomic mass is 31.1. The summed E-state index contributed by atoms with van der Waals surface area (Å²) in [5.41, 5.74) is 0. The molecule has 5 heteroatoms. The molecule has 0 radical (unpaired) electrons. The first kappa shape index (κ1) is 11.0. The lowest BCUT2D eigenvalue weighted by molar-refractivity contribution is 0.149. The molecule has 0 N–H and O–H groups in total. The van der Waals surface area contributed by atoms with E-state index in [0.29, 0.717) is 26.0 Å². The Labute approximate surface area is 67.7 Å². The van der Waals surface area contributed by atoms with Crippen LogP contribution in [0, 0.1) is 0 Å². The van der Waals surface area contributed by atoms with Gasteiger partial charge < -0.3 is 9.47 Å². The summed E-state index contributed by atoms with van der Waals surface area (Å²) in [6, 6.07) is 0. The average molecular weight is 181 g/mol. The zero-order valence-corrected chi connectivity index (χ0v) is 7.80. The van der Waals surface area contributed by atoms with Crippen LogP contribution in [0.2, 0.25) is 0 Å². The third kappa shape index (κ3) is 7.88. The summed E-state index contributed by atoms with van der Waals surface area (Å²) in [7, 11) is 1.59. The highest BCUT2D eigenvalue weighted by Gasteiger charge is 2.15. The second kappa shape index (κ2) is 8.08. The molecule has 0 aliphatic rings. The predicted molar refractivity (Wildman–Crippen MR) is 42.2 cm³/mol. The first-order chi connectivity index (χ1) is 5.31. The van der Waals surface area contributed by atoms with E-state index in [4.69, 9.17) is 14.0 Å². The van der Waals surface area contributed by atoms with Crippen molar-refractivity contribution in [1.29, 1.82) is 0 Å². The third-order valence-electron chi connectivity index (χ3n) is 1.00. The molecule has 0 amide bonds. The molecule has 1 atom stereocenters. The van der Waals surface area contributed by atoms with E-state index in [-0.39, 0.29) is 0 Å². The van der Waals surface area contributed by atoms with Gasteiger partial charge in [-0.1, -0.05) is 0 Å². The van der Waals surface area contributed by atoms with Gasteiger partial charge in [-0.3, -0.25) is 0 Å². The molecule has 0 heterocycles.